The van der Waals surface area contributed by atoms with Crippen LogP contribution in [0.25, 0.3) is 11.3 Å². The molecule has 0 bridgehead atoms. The van der Waals surface area contributed by atoms with Crippen LogP contribution >= 0.6 is 11.8 Å². The second kappa shape index (κ2) is 6.80. The molecule has 0 aliphatic carbocycles. The lowest BCUT2D eigenvalue weighted by Gasteiger charge is -2.24. The Morgan fingerprint density at radius 1 is 1.38 bits per heavy atom. The molecule has 1 aromatic carbocycles. The van der Waals surface area contributed by atoms with Crippen LogP contribution in [0.4, 0.5) is 0 Å². The smallest absolute Gasteiger partial charge is 0.257 e. The Morgan fingerprint density at radius 2 is 2.05 bits per heavy atom. The highest BCUT2D eigenvalue weighted by atomic mass is 32.2. The number of benzene rings is 1. The zero-order valence-corrected chi connectivity index (χ0v) is 13.7. The van der Waals surface area contributed by atoms with E-state index < -0.39 is 0 Å². The fourth-order valence-corrected chi connectivity index (χ4v) is 2.98. The highest BCUT2D eigenvalue weighted by molar-refractivity contribution is 7.98. The molecule has 1 aromatic heterocycles. The van der Waals surface area contributed by atoms with E-state index >= 15 is 0 Å². The number of thioether (sulfide) groups is 1. The lowest BCUT2D eigenvalue weighted by Crippen LogP contribution is -2.36. The standard InChI is InChI=1S/C16H21N3OS/c1-12(11-21-4)18(2)16(20)14-10-17-19(3)15(14)13-8-6-5-7-9-13/h5-10,12H,11H2,1-4H3. The van der Waals surface area contributed by atoms with Crippen LogP contribution in [0.3, 0.4) is 0 Å². The van der Waals surface area contributed by atoms with Crippen LogP contribution in [0, 0.1) is 0 Å². The summed E-state index contributed by atoms with van der Waals surface area (Å²) in [4.78, 5) is 14.5. The first kappa shape index (κ1) is 15.6. The van der Waals surface area contributed by atoms with Crippen LogP contribution in [0.1, 0.15) is 17.3 Å². The molecule has 1 amide bonds. The Labute approximate surface area is 130 Å². The molecule has 1 heterocycles. The lowest BCUT2D eigenvalue weighted by atomic mass is 10.1. The van der Waals surface area contributed by atoms with E-state index in [9.17, 15) is 4.79 Å². The van der Waals surface area contributed by atoms with Gasteiger partial charge in [-0.3, -0.25) is 9.48 Å². The summed E-state index contributed by atoms with van der Waals surface area (Å²) in [5.74, 6) is 0.937. The third kappa shape index (κ3) is 3.29. The van der Waals surface area contributed by atoms with Crippen LogP contribution in [0.2, 0.25) is 0 Å². The van der Waals surface area contributed by atoms with Gasteiger partial charge in [-0.2, -0.15) is 16.9 Å². The summed E-state index contributed by atoms with van der Waals surface area (Å²) in [6.07, 6.45) is 3.71. The number of nitrogens with zero attached hydrogens (tertiary/aromatic N) is 3. The fourth-order valence-electron chi connectivity index (χ4n) is 2.28. The summed E-state index contributed by atoms with van der Waals surface area (Å²) in [6, 6.07) is 10.1. The van der Waals surface area contributed by atoms with Gasteiger partial charge in [0.15, 0.2) is 0 Å². The molecule has 1 unspecified atom stereocenters. The van der Waals surface area contributed by atoms with Crippen molar-refractivity contribution in [1.82, 2.24) is 14.7 Å². The average Bonchev–Trinajstić information content (AvgIpc) is 2.88. The summed E-state index contributed by atoms with van der Waals surface area (Å²) in [5.41, 5.74) is 2.52. The van der Waals surface area contributed by atoms with Crippen molar-refractivity contribution in [2.75, 3.05) is 19.1 Å². The molecule has 0 N–H and O–H groups in total. The Morgan fingerprint density at radius 3 is 2.67 bits per heavy atom. The maximum atomic E-state index is 12.7. The van der Waals surface area contributed by atoms with E-state index in [-0.39, 0.29) is 11.9 Å². The highest BCUT2D eigenvalue weighted by Gasteiger charge is 2.23. The molecule has 0 fully saturated rings. The number of rotatable bonds is 5. The molecular formula is C16H21N3OS. The van der Waals surface area contributed by atoms with Gasteiger partial charge in [-0.15, -0.1) is 0 Å². The van der Waals surface area contributed by atoms with E-state index in [1.165, 1.54) is 0 Å². The molecule has 112 valence electrons. The molecule has 0 aliphatic heterocycles. The maximum absolute atomic E-state index is 12.7. The van der Waals surface area contributed by atoms with Crippen molar-refractivity contribution in [2.24, 2.45) is 7.05 Å². The van der Waals surface area contributed by atoms with Crippen LogP contribution in [-0.2, 0) is 7.05 Å². The molecule has 2 rings (SSSR count). The van der Waals surface area contributed by atoms with Crippen molar-refractivity contribution in [1.29, 1.82) is 0 Å². The molecule has 0 saturated heterocycles. The van der Waals surface area contributed by atoms with Crippen molar-refractivity contribution >= 4 is 17.7 Å². The van der Waals surface area contributed by atoms with Gasteiger partial charge < -0.3 is 4.90 Å². The van der Waals surface area contributed by atoms with Crippen LogP contribution in [-0.4, -0.2) is 45.7 Å². The van der Waals surface area contributed by atoms with Gasteiger partial charge in [0.25, 0.3) is 5.91 Å². The minimum atomic E-state index is 0.0171. The van der Waals surface area contributed by atoms with Crippen LogP contribution in [0.5, 0.6) is 0 Å². The quantitative estimate of drug-likeness (QED) is 0.852. The summed E-state index contributed by atoms with van der Waals surface area (Å²) >= 11 is 1.74. The van der Waals surface area contributed by atoms with E-state index in [1.54, 1.807) is 27.5 Å². The zero-order valence-electron chi connectivity index (χ0n) is 12.9. The van der Waals surface area contributed by atoms with E-state index in [4.69, 9.17) is 0 Å². The maximum Gasteiger partial charge on any atom is 0.257 e. The lowest BCUT2D eigenvalue weighted by molar-refractivity contribution is 0.0758. The third-order valence-corrected chi connectivity index (χ3v) is 4.42. The molecule has 21 heavy (non-hydrogen) atoms. The number of hydrogen-bond acceptors (Lipinski definition) is 3. The van der Waals surface area contributed by atoms with Crippen molar-refractivity contribution in [3.8, 4) is 11.3 Å². The van der Waals surface area contributed by atoms with Gasteiger partial charge in [0.2, 0.25) is 0 Å². The summed E-state index contributed by atoms with van der Waals surface area (Å²) < 4.78 is 1.76. The molecule has 5 heteroatoms. The van der Waals surface area contributed by atoms with Crippen molar-refractivity contribution < 1.29 is 4.79 Å². The third-order valence-electron chi connectivity index (χ3n) is 3.61. The Bertz CT molecular complexity index is 609. The second-order valence-corrected chi connectivity index (χ2v) is 6.03. The first-order valence-electron chi connectivity index (χ1n) is 6.89. The van der Waals surface area contributed by atoms with Crippen molar-refractivity contribution in [3.63, 3.8) is 0 Å². The highest BCUT2D eigenvalue weighted by Crippen LogP contribution is 2.24. The van der Waals surface area contributed by atoms with Crippen LogP contribution < -0.4 is 0 Å². The predicted molar refractivity (Wildman–Crippen MR) is 88.6 cm³/mol. The monoisotopic (exact) mass is 303 g/mol. The Balaban J connectivity index is 2.35. The summed E-state index contributed by atoms with van der Waals surface area (Å²) in [7, 11) is 3.72. The average molecular weight is 303 g/mol. The zero-order chi connectivity index (χ0) is 15.4. The molecule has 0 radical (unpaired) electrons. The van der Waals surface area contributed by atoms with Gasteiger partial charge in [-0.25, -0.2) is 0 Å². The molecule has 0 saturated carbocycles. The minimum absolute atomic E-state index is 0.0171. The molecular weight excluding hydrogens is 282 g/mol. The minimum Gasteiger partial charge on any atom is -0.338 e. The van der Waals surface area contributed by atoms with Crippen LogP contribution in [0.15, 0.2) is 36.5 Å². The normalized spacial score (nSPS) is 12.2. The topological polar surface area (TPSA) is 38.1 Å². The molecule has 0 spiro atoms. The number of hydrogen-bond donors (Lipinski definition) is 0. The van der Waals surface area contributed by atoms with E-state index in [1.807, 2.05) is 50.7 Å². The van der Waals surface area contributed by atoms with Gasteiger partial charge in [-0.1, -0.05) is 30.3 Å². The number of amides is 1. The van der Waals surface area contributed by atoms with E-state index in [2.05, 4.69) is 12.0 Å². The summed E-state index contributed by atoms with van der Waals surface area (Å²) in [5, 5.41) is 4.27. The van der Waals surface area contributed by atoms with Gasteiger partial charge in [0, 0.05) is 31.5 Å². The number of carbonyl (C=O) groups excluding carboxylic acids is 1. The number of carbonyl (C=O) groups is 1. The van der Waals surface area contributed by atoms with E-state index in [0.29, 0.717) is 5.56 Å². The first-order chi connectivity index (χ1) is 10.1. The number of aryl methyl sites for hydroxylation is 1. The van der Waals surface area contributed by atoms with Gasteiger partial charge in [0.05, 0.1) is 17.5 Å². The van der Waals surface area contributed by atoms with Crippen molar-refractivity contribution in [2.45, 2.75) is 13.0 Å². The Kier molecular flexibility index (Phi) is 5.07. The molecule has 2 aromatic rings. The fraction of sp³-hybridized carbons (Fsp3) is 0.375. The largest absolute Gasteiger partial charge is 0.338 e. The van der Waals surface area contributed by atoms with Crippen molar-refractivity contribution in [3.05, 3.63) is 42.1 Å². The molecule has 1 atom stereocenters. The van der Waals surface area contributed by atoms with E-state index in [0.717, 1.165) is 17.0 Å². The Hall–Kier alpha value is -1.75. The van der Waals surface area contributed by atoms with Gasteiger partial charge >= 0.3 is 0 Å². The molecule has 4 nitrogen and oxygen atoms in total. The SMILES string of the molecule is CSCC(C)N(C)C(=O)c1cnn(C)c1-c1ccccc1. The predicted octanol–water partition coefficient (Wildman–Crippen LogP) is 2.91. The first-order valence-corrected chi connectivity index (χ1v) is 8.29. The number of aromatic nitrogens is 2. The molecule has 0 aliphatic rings. The van der Waals surface area contributed by atoms with Gasteiger partial charge in [0.1, 0.15) is 0 Å². The second-order valence-electron chi connectivity index (χ2n) is 5.12. The van der Waals surface area contributed by atoms with Gasteiger partial charge in [-0.05, 0) is 13.2 Å². The summed E-state index contributed by atoms with van der Waals surface area (Å²) in [6.45, 7) is 2.06.